The summed E-state index contributed by atoms with van der Waals surface area (Å²) in [5.74, 6) is -0.888. The van der Waals surface area contributed by atoms with Crippen molar-refractivity contribution in [2.45, 2.75) is 25.0 Å². The van der Waals surface area contributed by atoms with Gasteiger partial charge in [-0.15, -0.1) is 0 Å². The van der Waals surface area contributed by atoms with Crippen molar-refractivity contribution in [1.29, 1.82) is 0 Å². The number of carbonyl (C=O) groups is 1. The summed E-state index contributed by atoms with van der Waals surface area (Å²) in [5, 5.41) is 8.85. The summed E-state index contributed by atoms with van der Waals surface area (Å²) >= 11 is 0. The Bertz CT molecular complexity index is 610. The van der Waals surface area contributed by atoms with Crippen molar-refractivity contribution in [3.63, 3.8) is 0 Å². The first-order valence-electron chi connectivity index (χ1n) is 5.67. The summed E-state index contributed by atoms with van der Waals surface area (Å²) in [6.07, 6.45) is -0.191. The smallest absolute Gasteiger partial charge is 0.332 e. The van der Waals surface area contributed by atoms with E-state index < -0.39 is 24.0 Å². The summed E-state index contributed by atoms with van der Waals surface area (Å²) in [4.78, 5) is 17.9. The van der Waals surface area contributed by atoms with E-state index in [1.807, 2.05) is 0 Å². The molecule has 0 amide bonds. The summed E-state index contributed by atoms with van der Waals surface area (Å²) in [7, 11) is 0. The van der Waals surface area contributed by atoms with Crippen LogP contribution in [0.2, 0.25) is 0 Å². The molecule has 2 aromatic rings. The first kappa shape index (κ1) is 11.2. The summed E-state index contributed by atoms with van der Waals surface area (Å²) in [6, 6.07) is 4.65. The van der Waals surface area contributed by atoms with Gasteiger partial charge in [0.1, 0.15) is 17.4 Å². The minimum Gasteiger partial charge on any atom is -0.479 e. The number of imidazole rings is 1. The number of H-pyrrole nitrogens is 1. The van der Waals surface area contributed by atoms with E-state index in [0.717, 1.165) is 0 Å². The fraction of sp³-hybridized carbons (Fsp3) is 0.333. The van der Waals surface area contributed by atoms with Crippen molar-refractivity contribution in [2.75, 3.05) is 0 Å². The zero-order valence-corrected chi connectivity index (χ0v) is 9.39. The Morgan fingerprint density at radius 3 is 3.00 bits per heavy atom. The van der Waals surface area contributed by atoms with Crippen molar-refractivity contribution >= 4 is 17.0 Å². The number of rotatable bonds is 2. The molecule has 1 fully saturated rings. The highest BCUT2D eigenvalue weighted by Gasteiger charge is 2.33. The number of halogens is 1. The van der Waals surface area contributed by atoms with Gasteiger partial charge in [-0.2, -0.15) is 0 Å². The maximum atomic E-state index is 13.5. The fourth-order valence-corrected chi connectivity index (χ4v) is 2.19. The van der Waals surface area contributed by atoms with Gasteiger partial charge in [0.05, 0.1) is 5.52 Å². The second-order valence-corrected chi connectivity index (χ2v) is 4.29. The Morgan fingerprint density at radius 1 is 1.50 bits per heavy atom. The first-order chi connectivity index (χ1) is 8.65. The van der Waals surface area contributed by atoms with Crippen molar-refractivity contribution in [3.8, 4) is 0 Å². The zero-order chi connectivity index (χ0) is 12.7. The molecule has 0 radical (unpaired) electrons. The third kappa shape index (κ3) is 1.74. The maximum Gasteiger partial charge on any atom is 0.332 e. The molecule has 1 saturated heterocycles. The van der Waals surface area contributed by atoms with Crippen LogP contribution in [-0.2, 0) is 9.53 Å². The predicted octanol–water partition coefficient (Wildman–Crippen LogP) is 2.01. The lowest BCUT2D eigenvalue weighted by Gasteiger charge is -2.07. The minimum absolute atomic E-state index is 0.259. The van der Waals surface area contributed by atoms with Gasteiger partial charge in [0, 0.05) is 0 Å². The number of carboxylic acid groups (broad SMARTS) is 1. The largest absolute Gasteiger partial charge is 0.479 e. The summed E-state index contributed by atoms with van der Waals surface area (Å²) in [5.41, 5.74) is 0.849. The Hall–Kier alpha value is -1.95. The van der Waals surface area contributed by atoms with Gasteiger partial charge in [-0.05, 0) is 25.0 Å². The number of aromatic amines is 1. The number of fused-ring (bicyclic) bond motifs is 1. The number of nitrogens with one attached hydrogen (secondary N) is 1. The van der Waals surface area contributed by atoms with Crippen LogP contribution in [0.4, 0.5) is 4.39 Å². The third-order valence-electron chi connectivity index (χ3n) is 3.08. The fourth-order valence-electron chi connectivity index (χ4n) is 2.19. The molecule has 1 aliphatic rings. The molecule has 1 aromatic heterocycles. The summed E-state index contributed by atoms with van der Waals surface area (Å²) < 4.78 is 18.8. The van der Waals surface area contributed by atoms with Gasteiger partial charge in [0.2, 0.25) is 0 Å². The molecule has 0 spiro atoms. The molecule has 1 aromatic carbocycles. The number of hydrogen-bond acceptors (Lipinski definition) is 3. The second-order valence-electron chi connectivity index (χ2n) is 4.29. The van der Waals surface area contributed by atoms with Crippen LogP contribution < -0.4 is 0 Å². The molecule has 0 aliphatic carbocycles. The van der Waals surface area contributed by atoms with E-state index in [4.69, 9.17) is 9.84 Å². The molecule has 1 aliphatic heterocycles. The van der Waals surface area contributed by atoms with Crippen LogP contribution in [0.1, 0.15) is 24.8 Å². The number of ether oxygens (including phenoxy) is 1. The summed E-state index contributed by atoms with van der Waals surface area (Å²) in [6.45, 7) is 0. The lowest BCUT2D eigenvalue weighted by atomic mass is 10.2. The topological polar surface area (TPSA) is 75.2 Å². The number of aliphatic carboxylic acids is 1. The van der Waals surface area contributed by atoms with Crippen LogP contribution in [0.3, 0.4) is 0 Å². The predicted molar refractivity (Wildman–Crippen MR) is 60.5 cm³/mol. The Kier molecular flexibility index (Phi) is 2.52. The van der Waals surface area contributed by atoms with Crippen molar-refractivity contribution in [3.05, 3.63) is 29.8 Å². The quantitative estimate of drug-likeness (QED) is 0.854. The average molecular weight is 250 g/mol. The number of para-hydroxylation sites is 1. The average Bonchev–Trinajstić information content (AvgIpc) is 2.95. The normalized spacial score (nSPS) is 23.6. The molecular formula is C12H11FN2O3. The number of aromatic nitrogens is 2. The van der Waals surface area contributed by atoms with Crippen molar-refractivity contribution < 1.29 is 19.0 Å². The molecule has 5 nitrogen and oxygen atoms in total. The molecule has 0 bridgehead atoms. The number of hydrogen-bond donors (Lipinski definition) is 2. The third-order valence-corrected chi connectivity index (χ3v) is 3.08. The van der Waals surface area contributed by atoms with E-state index in [1.54, 1.807) is 12.1 Å². The molecule has 3 rings (SSSR count). The van der Waals surface area contributed by atoms with Crippen LogP contribution >= 0.6 is 0 Å². The van der Waals surface area contributed by atoms with Crippen LogP contribution in [0, 0.1) is 5.82 Å². The van der Waals surface area contributed by atoms with E-state index in [0.29, 0.717) is 24.2 Å². The Morgan fingerprint density at radius 2 is 2.33 bits per heavy atom. The van der Waals surface area contributed by atoms with E-state index in [1.165, 1.54) is 6.07 Å². The molecule has 2 unspecified atom stereocenters. The van der Waals surface area contributed by atoms with Crippen LogP contribution in [0.15, 0.2) is 18.2 Å². The Balaban J connectivity index is 1.92. The lowest BCUT2D eigenvalue weighted by molar-refractivity contribution is -0.149. The molecule has 2 N–H and O–H groups in total. The van der Waals surface area contributed by atoms with Gasteiger partial charge in [-0.25, -0.2) is 14.2 Å². The zero-order valence-electron chi connectivity index (χ0n) is 9.39. The molecule has 6 heteroatoms. The van der Waals surface area contributed by atoms with E-state index in [9.17, 15) is 9.18 Å². The number of nitrogens with zero attached hydrogens (tertiary/aromatic N) is 1. The Labute approximate surface area is 102 Å². The van der Waals surface area contributed by atoms with Gasteiger partial charge in [-0.3, -0.25) is 0 Å². The van der Waals surface area contributed by atoms with Gasteiger partial charge in [0.15, 0.2) is 11.9 Å². The highest BCUT2D eigenvalue weighted by Crippen LogP contribution is 2.32. The minimum atomic E-state index is -0.972. The second kappa shape index (κ2) is 4.06. The van der Waals surface area contributed by atoms with Crippen molar-refractivity contribution in [1.82, 2.24) is 9.97 Å². The molecule has 2 atom stereocenters. The van der Waals surface area contributed by atoms with E-state index in [2.05, 4.69) is 9.97 Å². The number of benzene rings is 1. The van der Waals surface area contributed by atoms with Crippen molar-refractivity contribution in [2.24, 2.45) is 0 Å². The highest BCUT2D eigenvalue weighted by molar-refractivity contribution is 5.76. The van der Waals surface area contributed by atoms with Gasteiger partial charge in [-0.1, -0.05) is 6.07 Å². The van der Waals surface area contributed by atoms with E-state index in [-0.39, 0.29) is 5.52 Å². The van der Waals surface area contributed by atoms with Crippen LogP contribution in [0.5, 0.6) is 0 Å². The van der Waals surface area contributed by atoms with Crippen LogP contribution in [-0.4, -0.2) is 27.1 Å². The molecular weight excluding hydrogens is 239 g/mol. The standard InChI is InChI=1S/C12H11FN2O3/c13-6-2-1-3-7-10(6)15-11(14-7)8-4-5-9(18-8)12(16)17/h1-3,8-9H,4-5H2,(H,14,15)(H,16,17). The molecule has 94 valence electrons. The molecule has 2 heterocycles. The lowest BCUT2D eigenvalue weighted by Crippen LogP contribution is -2.18. The monoisotopic (exact) mass is 250 g/mol. The van der Waals surface area contributed by atoms with Gasteiger partial charge >= 0.3 is 5.97 Å². The first-order valence-corrected chi connectivity index (χ1v) is 5.67. The van der Waals surface area contributed by atoms with Gasteiger partial charge < -0.3 is 14.8 Å². The van der Waals surface area contributed by atoms with Crippen LogP contribution in [0.25, 0.3) is 11.0 Å². The SMILES string of the molecule is O=C(O)C1CCC(c2nc3c(F)cccc3[nH]2)O1. The molecule has 0 saturated carbocycles. The van der Waals surface area contributed by atoms with E-state index >= 15 is 0 Å². The molecule has 18 heavy (non-hydrogen) atoms. The highest BCUT2D eigenvalue weighted by atomic mass is 19.1. The van der Waals surface area contributed by atoms with Gasteiger partial charge in [0.25, 0.3) is 0 Å². The maximum absolute atomic E-state index is 13.5. The number of carboxylic acids is 1.